The smallest absolute Gasteiger partial charge is 0.417 e. The summed E-state index contributed by atoms with van der Waals surface area (Å²) in [6, 6.07) is 16.3. The van der Waals surface area contributed by atoms with Crippen LogP contribution in [0.5, 0.6) is 11.5 Å². The number of carbonyl (C=O) groups is 2. The standard InChI is InChI=1S/C28H28ClF3N4O3/c29-24-12-9-20(16-23(24)28(30,31)32)35-27(38)34-19-7-10-21(11-8-19)39-22-6-4-5-18(15-22)25(17-26(33)37)36-13-2-1-3-14-36/h4-12,15-16,25H,1-3,13-14,17H2,(H2,33,37)(H2,34,35,38). The van der Waals surface area contributed by atoms with Crippen LogP contribution in [0.15, 0.2) is 66.7 Å². The molecule has 4 N–H and O–H groups in total. The van der Waals surface area contributed by atoms with Crippen LogP contribution in [-0.4, -0.2) is 29.9 Å². The van der Waals surface area contributed by atoms with Crippen molar-refractivity contribution in [3.05, 3.63) is 82.9 Å². The molecule has 7 nitrogen and oxygen atoms in total. The van der Waals surface area contributed by atoms with Gasteiger partial charge in [-0.25, -0.2) is 4.79 Å². The summed E-state index contributed by atoms with van der Waals surface area (Å²) in [7, 11) is 0. The molecule has 0 saturated carbocycles. The van der Waals surface area contributed by atoms with Gasteiger partial charge in [-0.15, -0.1) is 0 Å². The van der Waals surface area contributed by atoms with Gasteiger partial charge in [0.1, 0.15) is 11.5 Å². The van der Waals surface area contributed by atoms with Crippen molar-refractivity contribution in [1.82, 2.24) is 4.90 Å². The zero-order chi connectivity index (χ0) is 28.0. The molecule has 3 aromatic rings. The first kappa shape index (κ1) is 28.3. The highest BCUT2D eigenvalue weighted by Gasteiger charge is 2.33. The monoisotopic (exact) mass is 560 g/mol. The predicted molar refractivity (Wildman–Crippen MR) is 144 cm³/mol. The fourth-order valence-electron chi connectivity index (χ4n) is 4.52. The summed E-state index contributed by atoms with van der Waals surface area (Å²) in [6.45, 7) is 1.82. The number of primary amides is 1. The summed E-state index contributed by atoms with van der Waals surface area (Å²) in [5.74, 6) is 0.733. The normalized spacial score (nSPS) is 14.9. The van der Waals surface area contributed by atoms with E-state index in [1.807, 2.05) is 24.3 Å². The Kier molecular flexibility index (Phi) is 8.98. The Bertz CT molecular complexity index is 1310. The maximum Gasteiger partial charge on any atom is 0.417 e. The number of nitrogens with zero attached hydrogens (tertiary/aromatic N) is 1. The molecule has 0 bridgehead atoms. The number of likely N-dealkylation sites (tertiary alicyclic amines) is 1. The molecule has 1 aliphatic heterocycles. The second kappa shape index (κ2) is 12.4. The van der Waals surface area contributed by atoms with Crippen LogP contribution in [0.25, 0.3) is 0 Å². The Morgan fingerprint density at radius 2 is 1.59 bits per heavy atom. The van der Waals surface area contributed by atoms with Gasteiger partial charge in [0.15, 0.2) is 0 Å². The number of amides is 3. The van der Waals surface area contributed by atoms with E-state index in [1.54, 1.807) is 24.3 Å². The number of halogens is 4. The summed E-state index contributed by atoms with van der Waals surface area (Å²) in [4.78, 5) is 26.4. The fraction of sp³-hybridized carbons (Fsp3) is 0.286. The van der Waals surface area contributed by atoms with Crippen LogP contribution < -0.4 is 21.1 Å². The molecule has 0 aromatic heterocycles. The van der Waals surface area contributed by atoms with E-state index in [1.165, 1.54) is 12.5 Å². The molecule has 11 heteroatoms. The molecular weight excluding hydrogens is 533 g/mol. The summed E-state index contributed by atoms with van der Waals surface area (Å²) in [5, 5.41) is 4.47. The highest BCUT2D eigenvalue weighted by atomic mass is 35.5. The van der Waals surface area contributed by atoms with E-state index in [9.17, 15) is 22.8 Å². The maximum absolute atomic E-state index is 13.1. The van der Waals surface area contributed by atoms with Crippen LogP contribution >= 0.6 is 11.6 Å². The van der Waals surface area contributed by atoms with Crippen molar-refractivity contribution in [3.63, 3.8) is 0 Å². The minimum Gasteiger partial charge on any atom is -0.457 e. The molecule has 1 atom stereocenters. The van der Waals surface area contributed by atoms with Crippen molar-refractivity contribution >= 4 is 34.9 Å². The summed E-state index contributed by atoms with van der Waals surface area (Å²) >= 11 is 5.62. The maximum atomic E-state index is 13.1. The lowest BCUT2D eigenvalue weighted by atomic mass is 9.98. The molecular formula is C28H28ClF3N4O3. The van der Waals surface area contributed by atoms with Crippen molar-refractivity contribution in [2.24, 2.45) is 5.73 Å². The number of carbonyl (C=O) groups excluding carboxylic acids is 2. The van der Waals surface area contributed by atoms with Crippen LogP contribution in [-0.2, 0) is 11.0 Å². The minimum atomic E-state index is -4.64. The third-order valence-corrected chi connectivity index (χ3v) is 6.68. The number of nitrogens with two attached hydrogens (primary N) is 1. The predicted octanol–water partition coefficient (Wildman–Crippen LogP) is 7.20. The summed E-state index contributed by atoms with van der Waals surface area (Å²) in [5.41, 5.74) is 5.80. The zero-order valence-corrected chi connectivity index (χ0v) is 21.7. The van der Waals surface area contributed by atoms with Gasteiger partial charge in [-0.05, 0) is 86.1 Å². The molecule has 0 spiro atoms. The van der Waals surface area contributed by atoms with Gasteiger partial charge in [0.25, 0.3) is 0 Å². The van der Waals surface area contributed by atoms with E-state index in [2.05, 4.69) is 15.5 Å². The van der Waals surface area contributed by atoms with E-state index in [0.717, 1.165) is 43.6 Å². The third-order valence-electron chi connectivity index (χ3n) is 6.35. The van der Waals surface area contributed by atoms with E-state index in [0.29, 0.717) is 17.2 Å². The van der Waals surface area contributed by atoms with Gasteiger partial charge in [0.2, 0.25) is 5.91 Å². The van der Waals surface area contributed by atoms with E-state index >= 15 is 0 Å². The van der Waals surface area contributed by atoms with Gasteiger partial charge < -0.3 is 21.1 Å². The lowest BCUT2D eigenvalue weighted by Gasteiger charge is -2.34. The molecule has 1 fully saturated rings. The lowest BCUT2D eigenvalue weighted by Crippen LogP contribution is -2.36. The summed E-state index contributed by atoms with van der Waals surface area (Å²) in [6.07, 6.45) is -1.08. The number of alkyl halides is 3. The Morgan fingerprint density at radius 3 is 2.26 bits per heavy atom. The average Bonchev–Trinajstić information content (AvgIpc) is 2.89. The highest BCUT2D eigenvalue weighted by Crippen LogP contribution is 2.36. The van der Waals surface area contributed by atoms with Crippen molar-refractivity contribution in [2.75, 3.05) is 23.7 Å². The first-order valence-corrected chi connectivity index (χ1v) is 12.8. The molecule has 1 unspecified atom stereocenters. The van der Waals surface area contributed by atoms with E-state index in [-0.39, 0.29) is 24.1 Å². The molecule has 0 aliphatic carbocycles. The Morgan fingerprint density at radius 1 is 0.923 bits per heavy atom. The van der Waals surface area contributed by atoms with Gasteiger partial charge in [-0.3, -0.25) is 9.69 Å². The Labute approximate surface area is 229 Å². The van der Waals surface area contributed by atoms with Crippen LogP contribution in [0.1, 0.15) is 42.9 Å². The second-order valence-electron chi connectivity index (χ2n) is 9.25. The summed E-state index contributed by atoms with van der Waals surface area (Å²) < 4.78 is 45.2. The second-order valence-corrected chi connectivity index (χ2v) is 9.66. The zero-order valence-electron chi connectivity index (χ0n) is 20.9. The number of benzene rings is 3. The number of urea groups is 1. The third kappa shape index (κ3) is 7.87. The number of ether oxygens (including phenoxy) is 1. The lowest BCUT2D eigenvalue weighted by molar-refractivity contribution is -0.137. The first-order chi connectivity index (χ1) is 18.6. The van der Waals surface area contributed by atoms with Crippen molar-refractivity contribution < 1.29 is 27.5 Å². The van der Waals surface area contributed by atoms with E-state index < -0.39 is 22.8 Å². The van der Waals surface area contributed by atoms with Gasteiger partial charge in [0, 0.05) is 23.8 Å². The molecule has 1 heterocycles. The number of piperidine rings is 1. The molecule has 39 heavy (non-hydrogen) atoms. The largest absolute Gasteiger partial charge is 0.457 e. The van der Waals surface area contributed by atoms with Crippen LogP contribution in [0.4, 0.5) is 29.3 Å². The van der Waals surface area contributed by atoms with Crippen LogP contribution in [0.2, 0.25) is 5.02 Å². The van der Waals surface area contributed by atoms with Crippen molar-refractivity contribution in [2.45, 2.75) is 37.9 Å². The van der Waals surface area contributed by atoms with Crippen LogP contribution in [0, 0.1) is 0 Å². The van der Waals surface area contributed by atoms with Crippen LogP contribution in [0.3, 0.4) is 0 Å². The quantitative estimate of drug-likeness (QED) is 0.271. The number of rotatable bonds is 8. The molecule has 3 amide bonds. The van der Waals surface area contributed by atoms with E-state index in [4.69, 9.17) is 22.1 Å². The molecule has 206 valence electrons. The number of anilines is 2. The molecule has 1 saturated heterocycles. The number of hydrogen-bond acceptors (Lipinski definition) is 4. The van der Waals surface area contributed by atoms with Gasteiger partial charge in [-0.1, -0.05) is 30.2 Å². The van der Waals surface area contributed by atoms with Crippen molar-refractivity contribution in [1.29, 1.82) is 0 Å². The van der Waals surface area contributed by atoms with Gasteiger partial charge in [-0.2, -0.15) is 13.2 Å². The Hall–Kier alpha value is -3.76. The first-order valence-electron chi connectivity index (χ1n) is 12.4. The molecule has 3 aromatic carbocycles. The SMILES string of the molecule is NC(=O)CC(c1cccc(Oc2ccc(NC(=O)Nc3ccc(Cl)c(C(F)(F)F)c3)cc2)c1)N1CCCCC1. The minimum absolute atomic E-state index is 0.0525. The topological polar surface area (TPSA) is 96.7 Å². The van der Waals surface area contributed by atoms with Crippen molar-refractivity contribution in [3.8, 4) is 11.5 Å². The highest BCUT2D eigenvalue weighted by molar-refractivity contribution is 6.31. The molecule has 4 rings (SSSR count). The Balaban J connectivity index is 1.39. The fourth-order valence-corrected chi connectivity index (χ4v) is 4.74. The van der Waals surface area contributed by atoms with Gasteiger partial charge in [0.05, 0.1) is 10.6 Å². The number of hydrogen-bond donors (Lipinski definition) is 3. The average molecular weight is 561 g/mol. The molecule has 0 radical (unpaired) electrons. The van der Waals surface area contributed by atoms with Gasteiger partial charge >= 0.3 is 12.2 Å². The number of nitrogens with one attached hydrogen (secondary N) is 2. The molecule has 1 aliphatic rings.